The molecule has 1 saturated carbocycles. The third-order valence-electron chi connectivity index (χ3n) is 17.4. The summed E-state index contributed by atoms with van der Waals surface area (Å²) in [6, 6.07) is 0. The lowest BCUT2D eigenvalue weighted by molar-refractivity contribution is -0.184. The van der Waals surface area contributed by atoms with Crippen LogP contribution in [-0.4, -0.2) is 81.5 Å². The van der Waals surface area contributed by atoms with E-state index in [1.54, 1.807) is 0 Å². The molecule has 11 nitrogen and oxygen atoms in total. The maximum Gasteiger partial charge on any atom is 0.321 e. The molecule has 0 aromatic heterocycles. The standard InChI is InChI=1S/C56H101N3O8/c1-35(2)53(17)30-39(26-49(9,10)34-53)65-46(61)43(24-22-21-23-25-44(60)64-40-27-50(11,12)57-54(18,31-40)36(3)4)45(47(62)66-41-28-51(13,14)58-55(19,32-41)37(5)6)48(63)67-42-29-52(15,16)59-56(20,33-42)38(7)8/h35-43,45,57-59H,21-34H2,1-20H3. The smallest absolute Gasteiger partial charge is 0.321 e. The summed E-state index contributed by atoms with van der Waals surface area (Å²) in [4.78, 5) is 58.5. The van der Waals surface area contributed by atoms with Crippen molar-refractivity contribution in [3.63, 3.8) is 0 Å². The molecule has 11 heteroatoms. The van der Waals surface area contributed by atoms with E-state index in [9.17, 15) is 4.79 Å². The fourth-order valence-corrected chi connectivity index (χ4v) is 13.0. The number of rotatable bonds is 18. The third-order valence-corrected chi connectivity index (χ3v) is 17.4. The van der Waals surface area contributed by atoms with Gasteiger partial charge in [0.1, 0.15) is 24.4 Å². The second-order valence-electron chi connectivity index (χ2n) is 27.5. The van der Waals surface area contributed by atoms with Crippen LogP contribution in [0.25, 0.3) is 0 Å². The van der Waals surface area contributed by atoms with Gasteiger partial charge in [0.05, 0.1) is 5.92 Å². The molecular weight excluding hydrogens is 843 g/mol. The van der Waals surface area contributed by atoms with Gasteiger partial charge in [0, 0.05) is 78.2 Å². The van der Waals surface area contributed by atoms with Crippen LogP contribution in [0.2, 0.25) is 0 Å². The lowest BCUT2D eigenvalue weighted by Gasteiger charge is -2.50. The van der Waals surface area contributed by atoms with E-state index < -0.39 is 42.0 Å². The molecule has 4 rings (SSSR count). The van der Waals surface area contributed by atoms with Gasteiger partial charge in [-0.05, 0) is 129 Å². The van der Waals surface area contributed by atoms with Crippen LogP contribution in [0.1, 0.15) is 228 Å². The Balaban J connectivity index is 1.65. The van der Waals surface area contributed by atoms with Gasteiger partial charge >= 0.3 is 23.9 Å². The summed E-state index contributed by atoms with van der Waals surface area (Å²) in [5.41, 5.74) is -1.76. The summed E-state index contributed by atoms with van der Waals surface area (Å²) in [6.07, 6.45) is 6.73. The second-order valence-corrected chi connectivity index (χ2v) is 27.5. The third kappa shape index (κ3) is 15.4. The number of piperidine rings is 3. The number of carbonyl (C=O) groups excluding carboxylic acids is 4. The largest absolute Gasteiger partial charge is 0.462 e. The molecule has 3 saturated heterocycles. The van der Waals surface area contributed by atoms with Gasteiger partial charge in [-0.25, -0.2) is 0 Å². The van der Waals surface area contributed by atoms with Crippen molar-refractivity contribution < 1.29 is 38.1 Å². The molecule has 9 unspecified atom stereocenters. The van der Waals surface area contributed by atoms with Crippen molar-refractivity contribution in [2.45, 2.75) is 286 Å². The van der Waals surface area contributed by atoms with Gasteiger partial charge in [-0.15, -0.1) is 0 Å². The van der Waals surface area contributed by atoms with Crippen LogP contribution < -0.4 is 16.0 Å². The van der Waals surface area contributed by atoms with Crippen molar-refractivity contribution in [2.24, 2.45) is 46.3 Å². The van der Waals surface area contributed by atoms with Gasteiger partial charge in [-0.1, -0.05) is 89.0 Å². The van der Waals surface area contributed by atoms with Gasteiger partial charge in [0.25, 0.3) is 0 Å². The van der Waals surface area contributed by atoms with Crippen molar-refractivity contribution in [3.05, 3.63) is 0 Å². The zero-order valence-electron chi connectivity index (χ0n) is 46.4. The first kappa shape index (κ1) is 57.3. The Morgan fingerprint density at radius 2 is 0.821 bits per heavy atom. The zero-order valence-corrected chi connectivity index (χ0v) is 46.4. The first-order valence-corrected chi connectivity index (χ1v) is 26.6. The van der Waals surface area contributed by atoms with Crippen LogP contribution in [-0.2, 0) is 38.1 Å². The quantitative estimate of drug-likeness (QED) is 0.0523. The molecule has 1 aliphatic carbocycles. The average molecular weight is 944 g/mol. The predicted molar refractivity (Wildman–Crippen MR) is 269 cm³/mol. The Labute approximate surface area is 409 Å². The van der Waals surface area contributed by atoms with Crippen LogP contribution in [0.5, 0.6) is 0 Å². The lowest BCUT2D eigenvalue weighted by atomic mass is 9.59. The summed E-state index contributed by atoms with van der Waals surface area (Å²) in [5, 5.41) is 11.4. The highest BCUT2D eigenvalue weighted by molar-refractivity contribution is 5.99. The molecule has 3 aliphatic heterocycles. The average Bonchev–Trinajstić information content (AvgIpc) is 3.10. The molecule has 0 spiro atoms. The maximum absolute atomic E-state index is 15.1. The molecule has 3 N–H and O–H groups in total. The summed E-state index contributed by atoms with van der Waals surface area (Å²) in [5.74, 6) is -3.65. The molecule has 0 radical (unpaired) electrons. The Morgan fingerprint density at radius 1 is 0.448 bits per heavy atom. The minimum absolute atomic E-state index is 0.0544. The van der Waals surface area contributed by atoms with Crippen molar-refractivity contribution in [3.8, 4) is 0 Å². The molecule has 0 amide bonds. The number of carbonyl (C=O) groups is 4. The van der Waals surface area contributed by atoms with Gasteiger partial charge in [-0.2, -0.15) is 0 Å². The monoisotopic (exact) mass is 944 g/mol. The summed E-state index contributed by atoms with van der Waals surface area (Å²) < 4.78 is 25.7. The molecule has 3 heterocycles. The van der Waals surface area contributed by atoms with Crippen molar-refractivity contribution in [1.29, 1.82) is 0 Å². The van der Waals surface area contributed by atoms with E-state index in [4.69, 9.17) is 18.9 Å². The molecule has 4 fully saturated rings. The van der Waals surface area contributed by atoms with Crippen molar-refractivity contribution in [2.75, 3.05) is 0 Å². The molecule has 67 heavy (non-hydrogen) atoms. The molecule has 9 atom stereocenters. The van der Waals surface area contributed by atoms with Gasteiger partial charge in [0.2, 0.25) is 0 Å². The van der Waals surface area contributed by atoms with E-state index in [1.807, 2.05) is 0 Å². The fourth-order valence-electron chi connectivity index (χ4n) is 13.0. The van der Waals surface area contributed by atoms with E-state index in [-0.39, 0.29) is 86.9 Å². The minimum atomic E-state index is -1.52. The van der Waals surface area contributed by atoms with Crippen molar-refractivity contribution >= 4 is 23.9 Å². The molecule has 388 valence electrons. The molecule has 0 aromatic rings. The van der Waals surface area contributed by atoms with E-state index in [1.165, 1.54) is 0 Å². The zero-order chi connectivity index (χ0) is 50.9. The Bertz CT molecular complexity index is 1660. The topological polar surface area (TPSA) is 141 Å². The Morgan fingerprint density at radius 3 is 1.21 bits per heavy atom. The summed E-state index contributed by atoms with van der Waals surface area (Å²) in [7, 11) is 0. The fraction of sp³-hybridized carbons (Fsp3) is 0.929. The molecule has 0 bridgehead atoms. The predicted octanol–water partition coefficient (Wildman–Crippen LogP) is 11.4. The second kappa shape index (κ2) is 21.2. The highest BCUT2D eigenvalue weighted by Crippen LogP contribution is 2.51. The Kier molecular flexibility index (Phi) is 18.2. The number of unbranched alkanes of at least 4 members (excludes halogenated alkanes) is 2. The summed E-state index contributed by atoms with van der Waals surface area (Å²) >= 11 is 0. The van der Waals surface area contributed by atoms with E-state index in [2.05, 4.69) is 154 Å². The first-order chi connectivity index (χ1) is 30.4. The van der Waals surface area contributed by atoms with Crippen LogP contribution in [0.15, 0.2) is 0 Å². The first-order valence-electron chi connectivity index (χ1n) is 26.6. The van der Waals surface area contributed by atoms with E-state index >= 15 is 14.4 Å². The molecular formula is C56H101N3O8. The Hall–Kier alpha value is -2.24. The van der Waals surface area contributed by atoms with E-state index in [0.717, 1.165) is 19.3 Å². The highest BCUT2D eigenvalue weighted by Gasteiger charge is 2.52. The normalized spacial score (nSPS) is 34.6. The minimum Gasteiger partial charge on any atom is -0.462 e. The maximum atomic E-state index is 15.1. The molecule has 0 aromatic carbocycles. The number of esters is 4. The van der Waals surface area contributed by atoms with Crippen LogP contribution in [0.4, 0.5) is 0 Å². The van der Waals surface area contributed by atoms with Crippen LogP contribution >= 0.6 is 0 Å². The van der Waals surface area contributed by atoms with Crippen molar-refractivity contribution in [1.82, 2.24) is 16.0 Å². The number of hydrogen-bond acceptors (Lipinski definition) is 11. The highest BCUT2D eigenvalue weighted by atomic mass is 16.6. The number of hydrogen-bond donors (Lipinski definition) is 3. The number of nitrogens with one attached hydrogen (secondary N) is 3. The lowest BCUT2D eigenvalue weighted by Crippen LogP contribution is -2.64. The number of ether oxygens (including phenoxy) is 4. The van der Waals surface area contributed by atoms with Crippen LogP contribution in [0, 0.1) is 46.3 Å². The van der Waals surface area contributed by atoms with Crippen LogP contribution in [0.3, 0.4) is 0 Å². The SMILES string of the molecule is CC(C)C1(C)CC(OC(=O)C(CCCCCC(=O)OC2CC(C)(C)NC(C)(C(C)C)C2)C(C(=O)OC2CC(C)(C)NC(C)(C(C)C)C2)C(=O)OC2CC(C)(C)NC(C)(C(C)C)C2)CC(C)(C)C1. The van der Waals surface area contributed by atoms with E-state index in [0.29, 0.717) is 69.6 Å². The van der Waals surface area contributed by atoms with Gasteiger partial charge in [0.15, 0.2) is 5.92 Å². The molecule has 4 aliphatic rings. The van der Waals surface area contributed by atoms with Gasteiger partial charge < -0.3 is 34.9 Å². The summed E-state index contributed by atoms with van der Waals surface area (Å²) in [6.45, 7) is 43.6. The van der Waals surface area contributed by atoms with Gasteiger partial charge in [-0.3, -0.25) is 19.2 Å².